The second-order valence-electron chi connectivity index (χ2n) is 3.57. The lowest BCUT2D eigenvalue weighted by atomic mass is 10.2. The van der Waals surface area contributed by atoms with Crippen LogP contribution in [0.2, 0.25) is 0 Å². The summed E-state index contributed by atoms with van der Waals surface area (Å²) < 4.78 is 3.66. The first kappa shape index (κ1) is 17.4. The van der Waals surface area contributed by atoms with Crippen molar-refractivity contribution < 1.29 is 19.2 Å². The molecule has 0 saturated heterocycles. The lowest BCUT2D eigenvalue weighted by molar-refractivity contribution is -0.148. The Morgan fingerprint density at radius 2 is 1.80 bits per heavy atom. The lowest BCUT2D eigenvalue weighted by Gasteiger charge is -2.11. The Hall–Kier alpha value is -0.690. The number of alkyl halides is 3. The van der Waals surface area contributed by atoms with Crippen LogP contribution in [0.1, 0.15) is 5.56 Å². The van der Waals surface area contributed by atoms with Gasteiger partial charge in [0, 0.05) is 4.47 Å². The second kappa shape index (κ2) is 7.93. The number of halogens is 4. The van der Waals surface area contributed by atoms with Gasteiger partial charge in [0.1, 0.15) is 6.61 Å². The van der Waals surface area contributed by atoms with Crippen molar-refractivity contribution in [2.45, 2.75) is 10.2 Å². The molecule has 0 atom stereocenters. The van der Waals surface area contributed by atoms with Crippen molar-refractivity contribution in [1.29, 1.82) is 0 Å². The van der Waals surface area contributed by atoms with E-state index in [2.05, 4.69) is 25.5 Å². The number of carbonyl (C=O) groups excluding carboxylic acids is 2. The van der Waals surface area contributed by atoms with Gasteiger partial charge in [-0.3, -0.25) is 0 Å². The van der Waals surface area contributed by atoms with E-state index >= 15 is 0 Å². The maximum absolute atomic E-state index is 11.4. The van der Waals surface area contributed by atoms with Gasteiger partial charge in [0.2, 0.25) is 3.79 Å². The van der Waals surface area contributed by atoms with Gasteiger partial charge in [-0.05, 0) is 17.7 Å². The number of ether oxygens (including phenoxy) is 1. The molecule has 0 heterocycles. The van der Waals surface area contributed by atoms with Gasteiger partial charge in [0.15, 0.2) is 0 Å². The number of hydroxylamine groups is 1. The van der Waals surface area contributed by atoms with E-state index < -0.39 is 22.5 Å². The SMILES string of the molecule is O=C(Cc1ccc(Br)cc1)ONC(=O)OCC(Cl)(Cl)Cl. The quantitative estimate of drug-likeness (QED) is 0.617. The zero-order valence-corrected chi connectivity index (χ0v) is 13.7. The van der Waals surface area contributed by atoms with E-state index in [0.29, 0.717) is 0 Å². The molecule has 0 aliphatic rings. The van der Waals surface area contributed by atoms with Gasteiger partial charge in [-0.2, -0.15) is 0 Å². The summed E-state index contributed by atoms with van der Waals surface area (Å²) in [5, 5.41) is 0. The zero-order valence-electron chi connectivity index (χ0n) is 9.87. The van der Waals surface area contributed by atoms with E-state index in [9.17, 15) is 9.59 Å². The first-order valence-corrected chi connectivity index (χ1v) is 7.12. The van der Waals surface area contributed by atoms with Crippen LogP contribution in [0.3, 0.4) is 0 Å². The summed E-state index contributed by atoms with van der Waals surface area (Å²) in [5.41, 5.74) is 2.52. The Bertz CT molecular complexity index is 476. The highest BCUT2D eigenvalue weighted by atomic mass is 79.9. The average molecular weight is 405 g/mol. The molecule has 0 fully saturated rings. The zero-order chi connectivity index (χ0) is 15.2. The molecule has 1 rings (SSSR count). The Morgan fingerprint density at radius 3 is 2.35 bits per heavy atom. The van der Waals surface area contributed by atoms with Crippen molar-refractivity contribution in [3.8, 4) is 0 Å². The van der Waals surface area contributed by atoms with Crippen LogP contribution in [0.15, 0.2) is 28.7 Å². The summed E-state index contributed by atoms with van der Waals surface area (Å²) in [4.78, 5) is 27.0. The van der Waals surface area contributed by atoms with Crippen molar-refractivity contribution >= 4 is 62.8 Å². The smallest absolute Gasteiger partial charge is 0.440 e. The van der Waals surface area contributed by atoms with E-state index in [1.54, 1.807) is 29.7 Å². The van der Waals surface area contributed by atoms with Crippen LogP contribution in [0.5, 0.6) is 0 Å². The fourth-order valence-electron chi connectivity index (χ4n) is 1.08. The number of carbonyl (C=O) groups is 2. The van der Waals surface area contributed by atoms with Crippen LogP contribution in [0.25, 0.3) is 0 Å². The molecule has 1 aromatic rings. The van der Waals surface area contributed by atoms with Gasteiger partial charge in [-0.15, -0.1) is 5.48 Å². The maximum Gasteiger partial charge on any atom is 0.440 e. The Kier molecular flexibility index (Phi) is 6.88. The molecular weight excluding hydrogens is 396 g/mol. The second-order valence-corrected chi connectivity index (χ2v) is 7.00. The van der Waals surface area contributed by atoms with E-state index in [-0.39, 0.29) is 6.42 Å². The number of hydrogen-bond donors (Lipinski definition) is 1. The third kappa shape index (κ3) is 7.79. The summed E-state index contributed by atoms with van der Waals surface area (Å²) in [6, 6.07) is 7.05. The normalized spacial score (nSPS) is 10.8. The molecule has 5 nitrogen and oxygen atoms in total. The minimum Gasteiger partial charge on any atom is -0.443 e. The topological polar surface area (TPSA) is 64.6 Å². The van der Waals surface area contributed by atoms with Gasteiger partial charge < -0.3 is 9.57 Å². The highest BCUT2D eigenvalue weighted by Crippen LogP contribution is 2.25. The van der Waals surface area contributed by atoms with Crippen molar-refractivity contribution in [2.75, 3.05) is 6.61 Å². The molecule has 9 heteroatoms. The highest BCUT2D eigenvalue weighted by molar-refractivity contribution is 9.10. The van der Waals surface area contributed by atoms with E-state index in [1.807, 2.05) is 0 Å². The van der Waals surface area contributed by atoms with Crippen LogP contribution in [0.4, 0.5) is 4.79 Å². The van der Waals surface area contributed by atoms with Crippen LogP contribution in [-0.2, 0) is 20.8 Å². The molecule has 1 aromatic carbocycles. The minimum atomic E-state index is -1.72. The molecule has 1 amide bonds. The Morgan fingerprint density at radius 1 is 1.20 bits per heavy atom. The van der Waals surface area contributed by atoms with Crippen molar-refractivity contribution in [3.05, 3.63) is 34.3 Å². The molecule has 0 aliphatic heterocycles. The van der Waals surface area contributed by atoms with Crippen molar-refractivity contribution in [3.63, 3.8) is 0 Å². The van der Waals surface area contributed by atoms with E-state index in [1.165, 1.54) is 0 Å². The van der Waals surface area contributed by atoms with Gasteiger partial charge in [0.25, 0.3) is 0 Å². The predicted octanol–water partition coefficient (Wildman–Crippen LogP) is 3.55. The van der Waals surface area contributed by atoms with Crippen molar-refractivity contribution in [2.24, 2.45) is 0 Å². The average Bonchev–Trinajstić information content (AvgIpc) is 2.36. The Labute approximate surface area is 138 Å². The standard InChI is InChI=1S/C11H9BrCl3NO4/c12-8-3-1-7(2-4-8)5-9(17)20-16-10(18)19-6-11(13,14)15/h1-4H,5-6H2,(H,16,18). The number of rotatable bonds is 3. The first-order chi connectivity index (χ1) is 9.26. The summed E-state index contributed by atoms with van der Waals surface area (Å²) in [5.74, 6) is -0.654. The molecule has 0 aliphatic carbocycles. The highest BCUT2D eigenvalue weighted by Gasteiger charge is 2.22. The maximum atomic E-state index is 11.4. The number of hydrogen-bond acceptors (Lipinski definition) is 4. The summed E-state index contributed by atoms with van der Waals surface area (Å²) in [7, 11) is 0. The molecule has 0 radical (unpaired) electrons. The van der Waals surface area contributed by atoms with Gasteiger partial charge in [-0.25, -0.2) is 9.59 Å². The molecule has 0 saturated carbocycles. The third-order valence-electron chi connectivity index (χ3n) is 1.88. The van der Waals surface area contributed by atoms with E-state index in [0.717, 1.165) is 10.0 Å². The monoisotopic (exact) mass is 403 g/mol. The van der Waals surface area contributed by atoms with Crippen LogP contribution >= 0.6 is 50.7 Å². The summed E-state index contributed by atoms with van der Waals surface area (Å²) in [6.07, 6.45) is -1.03. The Balaban J connectivity index is 2.29. The van der Waals surface area contributed by atoms with Gasteiger partial charge in [-0.1, -0.05) is 62.9 Å². The molecule has 0 unspecified atom stereocenters. The van der Waals surface area contributed by atoms with Crippen LogP contribution in [-0.4, -0.2) is 22.5 Å². The molecule has 110 valence electrons. The van der Waals surface area contributed by atoms with Gasteiger partial charge in [0.05, 0.1) is 6.42 Å². The molecule has 0 spiro atoms. The minimum absolute atomic E-state index is 0.00197. The van der Waals surface area contributed by atoms with Crippen LogP contribution in [0, 0.1) is 0 Å². The van der Waals surface area contributed by atoms with Gasteiger partial charge >= 0.3 is 12.1 Å². The summed E-state index contributed by atoms with van der Waals surface area (Å²) >= 11 is 19.4. The fourth-order valence-corrected chi connectivity index (χ4v) is 1.51. The van der Waals surface area contributed by atoms with Crippen LogP contribution < -0.4 is 5.48 Å². The molecule has 0 bridgehead atoms. The number of amides is 1. The number of benzene rings is 1. The molecule has 20 heavy (non-hydrogen) atoms. The molecule has 1 N–H and O–H groups in total. The fraction of sp³-hybridized carbons (Fsp3) is 0.273. The largest absolute Gasteiger partial charge is 0.443 e. The molecule has 0 aromatic heterocycles. The number of nitrogens with one attached hydrogen (secondary N) is 1. The summed E-state index contributed by atoms with van der Waals surface area (Å²) in [6.45, 7) is -0.465. The first-order valence-electron chi connectivity index (χ1n) is 5.20. The predicted molar refractivity (Wildman–Crippen MR) is 78.7 cm³/mol. The van der Waals surface area contributed by atoms with E-state index in [4.69, 9.17) is 34.8 Å². The third-order valence-corrected chi connectivity index (χ3v) is 2.73. The molecular formula is C11H9BrCl3NO4. The van der Waals surface area contributed by atoms with Crippen molar-refractivity contribution in [1.82, 2.24) is 5.48 Å². The lowest BCUT2D eigenvalue weighted by Crippen LogP contribution is -2.30.